The highest BCUT2D eigenvalue weighted by Crippen LogP contribution is 2.10. The summed E-state index contributed by atoms with van der Waals surface area (Å²) in [5, 5.41) is 11.0. The van der Waals surface area contributed by atoms with Crippen LogP contribution in [0.15, 0.2) is 18.3 Å². The number of nitrogens with zero attached hydrogens (tertiary/aromatic N) is 3. The van der Waals surface area contributed by atoms with E-state index in [2.05, 4.69) is 20.7 Å². The molecule has 0 aromatic carbocycles. The molecular weight excluding hydrogens is 214 g/mol. The molecule has 0 aliphatic rings. The van der Waals surface area contributed by atoms with Crippen molar-refractivity contribution in [2.24, 2.45) is 0 Å². The van der Waals surface area contributed by atoms with Crippen molar-refractivity contribution in [1.29, 1.82) is 0 Å². The lowest BCUT2D eigenvalue weighted by molar-refractivity contribution is 0.816. The molecule has 0 radical (unpaired) electrons. The second kappa shape index (κ2) is 4.46. The van der Waals surface area contributed by atoms with Crippen LogP contribution >= 0.6 is 11.6 Å². The molecule has 2 rings (SSSR count). The van der Waals surface area contributed by atoms with Crippen molar-refractivity contribution in [3.63, 3.8) is 0 Å². The van der Waals surface area contributed by atoms with Gasteiger partial charge < -0.3 is 10.6 Å². The average molecular weight is 226 g/mol. The van der Waals surface area contributed by atoms with E-state index in [4.69, 9.17) is 11.6 Å². The zero-order valence-electron chi connectivity index (χ0n) is 8.37. The molecule has 15 heavy (non-hydrogen) atoms. The van der Waals surface area contributed by atoms with E-state index in [0.29, 0.717) is 11.0 Å². The van der Waals surface area contributed by atoms with Gasteiger partial charge in [0.15, 0.2) is 5.65 Å². The number of rotatable bonds is 4. The van der Waals surface area contributed by atoms with Gasteiger partial charge in [-0.1, -0.05) is 11.6 Å². The molecule has 0 fully saturated rings. The predicted octanol–water partition coefficient (Wildman–Crippen LogP) is 1.01. The summed E-state index contributed by atoms with van der Waals surface area (Å²) in [4.78, 5) is 4.28. The van der Waals surface area contributed by atoms with Crippen LogP contribution in [0, 0.1) is 0 Å². The molecule has 0 aliphatic heterocycles. The van der Waals surface area contributed by atoms with Gasteiger partial charge in [0.05, 0.1) is 5.02 Å². The zero-order valence-corrected chi connectivity index (χ0v) is 9.12. The molecule has 80 valence electrons. The Morgan fingerprint density at radius 1 is 1.40 bits per heavy atom. The van der Waals surface area contributed by atoms with E-state index >= 15 is 0 Å². The SMILES string of the molecule is CNCCNc1nc2ccc(Cl)cn2n1. The van der Waals surface area contributed by atoms with Gasteiger partial charge in [0, 0.05) is 19.3 Å². The van der Waals surface area contributed by atoms with Crippen molar-refractivity contribution in [1.82, 2.24) is 19.9 Å². The molecule has 2 aromatic rings. The number of halogens is 1. The van der Waals surface area contributed by atoms with E-state index < -0.39 is 0 Å². The normalized spacial score (nSPS) is 10.8. The fourth-order valence-electron chi connectivity index (χ4n) is 1.23. The summed E-state index contributed by atoms with van der Waals surface area (Å²) in [7, 11) is 1.90. The van der Waals surface area contributed by atoms with Crippen molar-refractivity contribution >= 4 is 23.2 Å². The van der Waals surface area contributed by atoms with Gasteiger partial charge in [-0.3, -0.25) is 0 Å². The Morgan fingerprint density at radius 2 is 2.27 bits per heavy atom. The van der Waals surface area contributed by atoms with Crippen molar-refractivity contribution < 1.29 is 0 Å². The predicted molar refractivity (Wildman–Crippen MR) is 60.4 cm³/mol. The Bertz CT molecular complexity index is 453. The van der Waals surface area contributed by atoms with E-state index in [-0.39, 0.29) is 0 Å². The molecule has 0 saturated heterocycles. The van der Waals surface area contributed by atoms with Crippen molar-refractivity contribution in [2.75, 3.05) is 25.5 Å². The summed E-state index contributed by atoms with van der Waals surface area (Å²) in [6.45, 7) is 1.66. The zero-order chi connectivity index (χ0) is 10.7. The van der Waals surface area contributed by atoms with E-state index in [1.807, 2.05) is 13.1 Å². The van der Waals surface area contributed by atoms with Crippen LogP contribution in [-0.2, 0) is 0 Å². The maximum atomic E-state index is 5.84. The maximum absolute atomic E-state index is 5.84. The quantitative estimate of drug-likeness (QED) is 0.763. The fourth-order valence-corrected chi connectivity index (χ4v) is 1.39. The molecule has 0 atom stereocenters. The molecule has 0 aliphatic carbocycles. The maximum Gasteiger partial charge on any atom is 0.243 e. The summed E-state index contributed by atoms with van der Waals surface area (Å²) in [6.07, 6.45) is 1.73. The standard InChI is InChI=1S/C9H12ClN5/c1-11-4-5-12-9-13-8-3-2-7(10)6-15(8)14-9/h2-3,6,11H,4-5H2,1H3,(H,12,14). The Balaban J connectivity index is 2.16. The molecule has 2 aromatic heterocycles. The number of nitrogens with one attached hydrogen (secondary N) is 2. The highest BCUT2D eigenvalue weighted by atomic mass is 35.5. The lowest BCUT2D eigenvalue weighted by atomic mass is 10.5. The smallest absolute Gasteiger partial charge is 0.243 e. The van der Waals surface area contributed by atoms with E-state index in [0.717, 1.165) is 18.7 Å². The van der Waals surface area contributed by atoms with Crippen LogP contribution in [0.25, 0.3) is 5.65 Å². The van der Waals surface area contributed by atoms with Crippen LogP contribution in [0.2, 0.25) is 5.02 Å². The lowest BCUT2D eigenvalue weighted by Gasteiger charge is -1.98. The second-order valence-corrected chi connectivity index (χ2v) is 3.55. The Hall–Kier alpha value is -1.33. The van der Waals surface area contributed by atoms with Crippen LogP contribution in [-0.4, -0.2) is 34.7 Å². The largest absolute Gasteiger partial charge is 0.352 e. The first-order valence-electron chi connectivity index (χ1n) is 4.70. The molecule has 0 unspecified atom stereocenters. The van der Waals surface area contributed by atoms with E-state index in [1.165, 1.54) is 0 Å². The summed E-state index contributed by atoms with van der Waals surface area (Å²) in [5.74, 6) is 0.618. The molecule has 6 heteroatoms. The highest BCUT2D eigenvalue weighted by Gasteiger charge is 2.02. The molecule has 2 heterocycles. The summed E-state index contributed by atoms with van der Waals surface area (Å²) < 4.78 is 1.66. The number of hydrogen-bond donors (Lipinski definition) is 2. The van der Waals surface area contributed by atoms with Gasteiger partial charge in [-0.25, -0.2) is 4.52 Å². The first-order valence-corrected chi connectivity index (χ1v) is 5.08. The van der Waals surface area contributed by atoms with Crippen molar-refractivity contribution in [3.05, 3.63) is 23.4 Å². The minimum atomic E-state index is 0.618. The van der Waals surface area contributed by atoms with Gasteiger partial charge in [0.1, 0.15) is 0 Å². The Labute approximate surface area is 92.5 Å². The third kappa shape index (κ3) is 2.37. The topological polar surface area (TPSA) is 54.2 Å². The van der Waals surface area contributed by atoms with E-state index in [9.17, 15) is 0 Å². The van der Waals surface area contributed by atoms with Gasteiger partial charge >= 0.3 is 0 Å². The highest BCUT2D eigenvalue weighted by molar-refractivity contribution is 6.30. The van der Waals surface area contributed by atoms with Crippen molar-refractivity contribution in [2.45, 2.75) is 0 Å². The van der Waals surface area contributed by atoms with Crippen LogP contribution in [0.3, 0.4) is 0 Å². The lowest BCUT2D eigenvalue weighted by Crippen LogP contribution is -2.18. The first-order chi connectivity index (χ1) is 7.29. The molecule has 2 N–H and O–H groups in total. The molecule has 0 amide bonds. The summed E-state index contributed by atoms with van der Waals surface area (Å²) in [5.41, 5.74) is 0.784. The fraction of sp³-hybridized carbons (Fsp3) is 0.333. The Morgan fingerprint density at radius 3 is 3.07 bits per heavy atom. The number of aromatic nitrogens is 3. The molecule has 5 nitrogen and oxygen atoms in total. The number of hydrogen-bond acceptors (Lipinski definition) is 4. The third-order valence-electron chi connectivity index (χ3n) is 1.95. The monoisotopic (exact) mass is 225 g/mol. The third-order valence-corrected chi connectivity index (χ3v) is 2.18. The second-order valence-electron chi connectivity index (χ2n) is 3.12. The molecule has 0 saturated carbocycles. The van der Waals surface area contributed by atoms with Crippen LogP contribution in [0.1, 0.15) is 0 Å². The van der Waals surface area contributed by atoms with Crippen LogP contribution in [0.4, 0.5) is 5.95 Å². The van der Waals surface area contributed by atoms with Crippen LogP contribution in [0.5, 0.6) is 0 Å². The molecular formula is C9H12ClN5. The first kappa shape index (κ1) is 10.2. The minimum Gasteiger partial charge on any atom is -0.352 e. The molecule has 0 spiro atoms. The summed E-state index contributed by atoms with van der Waals surface area (Å²) in [6, 6.07) is 3.63. The number of likely N-dealkylation sites (N-methyl/N-ethyl adjacent to an activating group) is 1. The van der Waals surface area contributed by atoms with E-state index in [1.54, 1.807) is 16.8 Å². The van der Waals surface area contributed by atoms with Gasteiger partial charge in [-0.2, -0.15) is 4.98 Å². The average Bonchev–Trinajstić information content (AvgIpc) is 2.60. The van der Waals surface area contributed by atoms with Gasteiger partial charge in [0.25, 0.3) is 0 Å². The minimum absolute atomic E-state index is 0.618. The van der Waals surface area contributed by atoms with Gasteiger partial charge in [-0.15, -0.1) is 5.10 Å². The summed E-state index contributed by atoms with van der Waals surface area (Å²) >= 11 is 5.84. The van der Waals surface area contributed by atoms with Gasteiger partial charge in [0.2, 0.25) is 5.95 Å². The van der Waals surface area contributed by atoms with Gasteiger partial charge in [-0.05, 0) is 19.2 Å². The number of pyridine rings is 1. The van der Waals surface area contributed by atoms with Crippen molar-refractivity contribution in [3.8, 4) is 0 Å². The van der Waals surface area contributed by atoms with Crippen LogP contribution < -0.4 is 10.6 Å². The number of fused-ring (bicyclic) bond motifs is 1. The Kier molecular flexibility index (Phi) is 3.03. The number of anilines is 1. The molecule has 0 bridgehead atoms.